The van der Waals surface area contributed by atoms with Crippen LogP contribution in [0.1, 0.15) is 22.7 Å². The lowest BCUT2D eigenvalue weighted by Crippen LogP contribution is -2.22. The molecular formula is C18H24ClNO. The summed E-state index contributed by atoms with van der Waals surface area (Å²) < 4.78 is 5.29. The Morgan fingerprint density at radius 2 is 1.71 bits per heavy atom. The van der Waals surface area contributed by atoms with Gasteiger partial charge in [-0.15, -0.1) is 12.4 Å². The standard InChI is InChI=1S/C18H23NO.ClH/c1-14-12-16(20-4)10-11-17(14)18(19(2)3)13-15-8-6-5-7-9-15;/h5-12,18H,13H2,1-4H3;1H. The van der Waals surface area contributed by atoms with Crippen LogP contribution in [0.4, 0.5) is 0 Å². The zero-order valence-corrected chi connectivity index (χ0v) is 14.0. The lowest BCUT2D eigenvalue weighted by Gasteiger charge is -2.26. The van der Waals surface area contributed by atoms with E-state index in [9.17, 15) is 0 Å². The molecule has 0 bridgehead atoms. The zero-order valence-electron chi connectivity index (χ0n) is 13.2. The van der Waals surface area contributed by atoms with Crippen LogP contribution in [0.25, 0.3) is 0 Å². The Bertz CT molecular complexity index is 554. The third-order valence-electron chi connectivity index (χ3n) is 3.73. The van der Waals surface area contributed by atoms with Crippen LogP contribution in [0.5, 0.6) is 5.75 Å². The molecule has 0 saturated carbocycles. The minimum atomic E-state index is 0. The predicted molar refractivity (Wildman–Crippen MR) is 91.6 cm³/mol. The Morgan fingerprint density at radius 1 is 1.05 bits per heavy atom. The number of likely N-dealkylation sites (N-methyl/N-ethyl adjacent to an activating group) is 1. The first kappa shape index (κ1) is 17.5. The molecule has 114 valence electrons. The summed E-state index contributed by atoms with van der Waals surface area (Å²) in [7, 11) is 5.98. The Kier molecular flexibility index (Phi) is 6.73. The largest absolute Gasteiger partial charge is 0.497 e. The van der Waals surface area contributed by atoms with Crippen LogP contribution in [0.2, 0.25) is 0 Å². The van der Waals surface area contributed by atoms with E-state index in [0.717, 1.165) is 12.2 Å². The van der Waals surface area contributed by atoms with E-state index in [1.54, 1.807) is 7.11 Å². The lowest BCUT2D eigenvalue weighted by molar-refractivity contribution is 0.296. The predicted octanol–water partition coefficient (Wildman–Crippen LogP) is 4.27. The van der Waals surface area contributed by atoms with Crippen molar-refractivity contribution >= 4 is 12.4 Å². The first-order valence-corrected chi connectivity index (χ1v) is 6.96. The van der Waals surface area contributed by atoms with Gasteiger partial charge in [0.2, 0.25) is 0 Å². The van der Waals surface area contributed by atoms with Gasteiger partial charge in [-0.25, -0.2) is 0 Å². The van der Waals surface area contributed by atoms with Crippen LogP contribution in [0.15, 0.2) is 48.5 Å². The number of methoxy groups -OCH3 is 1. The van der Waals surface area contributed by atoms with Gasteiger partial charge in [0.15, 0.2) is 0 Å². The van der Waals surface area contributed by atoms with Crippen LogP contribution in [0.3, 0.4) is 0 Å². The van der Waals surface area contributed by atoms with Gasteiger partial charge >= 0.3 is 0 Å². The normalized spacial score (nSPS) is 11.9. The summed E-state index contributed by atoms with van der Waals surface area (Å²) in [5.41, 5.74) is 4.00. The molecule has 0 saturated heterocycles. The fourth-order valence-electron chi connectivity index (χ4n) is 2.56. The van der Waals surface area contributed by atoms with Crippen molar-refractivity contribution in [1.82, 2.24) is 4.90 Å². The van der Waals surface area contributed by atoms with E-state index in [1.165, 1.54) is 16.7 Å². The van der Waals surface area contributed by atoms with Gasteiger partial charge in [0.05, 0.1) is 7.11 Å². The highest BCUT2D eigenvalue weighted by atomic mass is 35.5. The number of rotatable bonds is 5. The van der Waals surface area contributed by atoms with Crippen molar-refractivity contribution in [3.63, 3.8) is 0 Å². The first-order chi connectivity index (χ1) is 9.61. The molecule has 1 atom stereocenters. The van der Waals surface area contributed by atoms with Gasteiger partial charge in [-0.1, -0.05) is 36.4 Å². The van der Waals surface area contributed by atoms with Crippen molar-refractivity contribution < 1.29 is 4.74 Å². The summed E-state index contributed by atoms with van der Waals surface area (Å²) >= 11 is 0. The van der Waals surface area contributed by atoms with Gasteiger partial charge in [-0.3, -0.25) is 0 Å². The second kappa shape index (κ2) is 8.06. The zero-order chi connectivity index (χ0) is 14.5. The van der Waals surface area contributed by atoms with Gasteiger partial charge in [0.25, 0.3) is 0 Å². The molecule has 0 spiro atoms. The second-order valence-corrected chi connectivity index (χ2v) is 5.39. The molecule has 2 nitrogen and oxygen atoms in total. The van der Waals surface area contributed by atoms with Crippen LogP contribution >= 0.6 is 12.4 Å². The summed E-state index contributed by atoms with van der Waals surface area (Å²) in [6.45, 7) is 2.15. The Hall–Kier alpha value is -1.51. The number of halogens is 1. The topological polar surface area (TPSA) is 12.5 Å². The summed E-state index contributed by atoms with van der Waals surface area (Å²) in [6.07, 6.45) is 1.01. The van der Waals surface area contributed by atoms with Gasteiger partial charge in [0, 0.05) is 6.04 Å². The van der Waals surface area contributed by atoms with E-state index >= 15 is 0 Å². The Morgan fingerprint density at radius 3 is 2.24 bits per heavy atom. The molecule has 2 aromatic carbocycles. The molecule has 2 aromatic rings. The van der Waals surface area contributed by atoms with Crippen LogP contribution in [-0.2, 0) is 6.42 Å². The average molecular weight is 306 g/mol. The molecule has 0 radical (unpaired) electrons. The fraction of sp³-hybridized carbons (Fsp3) is 0.333. The summed E-state index contributed by atoms with van der Waals surface area (Å²) in [5.74, 6) is 0.920. The van der Waals surface area contributed by atoms with E-state index in [-0.39, 0.29) is 12.4 Å². The monoisotopic (exact) mass is 305 g/mol. The molecule has 0 aliphatic carbocycles. The number of hydrogen-bond acceptors (Lipinski definition) is 2. The van der Waals surface area contributed by atoms with Gasteiger partial charge < -0.3 is 9.64 Å². The van der Waals surface area contributed by atoms with E-state index in [1.807, 2.05) is 6.07 Å². The van der Waals surface area contributed by atoms with Crippen molar-refractivity contribution in [2.24, 2.45) is 0 Å². The minimum absolute atomic E-state index is 0. The summed E-state index contributed by atoms with van der Waals surface area (Å²) in [4.78, 5) is 2.28. The third kappa shape index (κ3) is 4.48. The fourth-order valence-corrected chi connectivity index (χ4v) is 2.56. The molecule has 0 aromatic heterocycles. The third-order valence-corrected chi connectivity index (χ3v) is 3.73. The maximum Gasteiger partial charge on any atom is 0.119 e. The molecule has 0 aliphatic rings. The number of benzene rings is 2. The summed E-state index contributed by atoms with van der Waals surface area (Å²) in [5, 5.41) is 0. The van der Waals surface area contributed by atoms with Crippen molar-refractivity contribution in [1.29, 1.82) is 0 Å². The van der Waals surface area contributed by atoms with E-state index in [2.05, 4.69) is 68.4 Å². The van der Waals surface area contributed by atoms with Crippen molar-refractivity contribution in [3.8, 4) is 5.75 Å². The average Bonchev–Trinajstić information content (AvgIpc) is 2.46. The number of nitrogens with zero attached hydrogens (tertiary/aromatic N) is 1. The van der Waals surface area contributed by atoms with Gasteiger partial charge in [-0.05, 0) is 56.3 Å². The quantitative estimate of drug-likeness (QED) is 0.818. The van der Waals surface area contributed by atoms with E-state index < -0.39 is 0 Å². The Balaban J connectivity index is 0.00000220. The minimum Gasteiger partial charge on any atom is -0.497 e. The van der Waals surface area contributed by atoms with Crippen molar-refractivity contribution in [2.45, 2.75) is 19.4 Å². The maximum absolute atomic E-state index is 5.29. The van der Waals surface area contributed by atoms with Gasteiger partial charge in [-0.2, -0.15) is 0 Å². The van der Waals surface area contributed by atoms with Crippen LogP contribution < -0.4 is 4.74 Å². The molecule has 0 N–H and O–H groups in total. The first-order valence-electron chi connectivity index (χ1n) is 6.96. The number of aryl methyl sites for hydroxylation is 1. The van der Waals surface area contributed by atoms with E-state index in [0.29, 0.717) is 6.04 Å². The molecule has 0 amide bonds. The molecule has 0 heterocycles. The van der Waals surface area contributed by atoms with Crippen molar-refractivity contribution in [2.75, 3.05) is 21.2 Å². The van der Waals surface area contributed by atoms with Crippen LogP contribution in [0, 0.1) is 6.92 Å². The molecule has 21 heavy (non-hydrogen) atoms. The molecule has 0 fully saturated rings. The van der Waals surface area contributed by atoms with Gasteiger partial charge in [0.1, 0.15) is 5.75 Å². The highest BCUT2D eigenvalue weighted by Crippen LogP contribution is 2.28. The highest BCUT2D eigenvalue weighted by Gasteiger charge is 2.17. The summed E-state index contributed by atoms with van der Waals surface area (Å²) in [6, 6.07) is 17.4. The number of hydrogen-bond donors (Lipinski definition) is 0. The molecule has 2 rings (SSSR count). The maximum atomic E-state index is 5.29. The molecular weight excluding hydrogens is 282 g/mol. The van der Waals surface area contributed by atoms with Crippen molar-refractivity contribution in [3.05, 3.63) is 65.2 Å². The SMILES string of the molecule is COc1ccc(C(Cc2ccccc2)N(C)C)c(C)c1.Cl. The highest BCUT2D eigenvalue weighted by molar-refractivity contribution is 5.85. The number of ether oxygens (including phenoxy) is 1. The second-order valence-electron chi connectivity index (χ2n) is 5.39. The molecule has 0 aliphatic heterocycles. The van der Waals surface area contributed by atoms with E-state index in [4.69, 9.17) is 4.74 Å². The lowest BCUT2D eigenvalue weighted by atomic mass is 9.94. The smallest absolute Gasteiger partial charge is 0.119 e. The van der Waals surface area contributed by atoms with Crippen LogP contribution in [-0.4, -0.2) is 26.1 Å². The molecule has 3 heteroatoms. The molecule has 1 unspecified atom stereocenters. The Labute approximate surface area is 134 Å².